The number of benzene rings is 3. The van der Waals surface area contributed by atoms with Gasteiger partial charge in [0.25, 0.3) is 17.7 Å². The zero-order valence-corrected chi connectivity index (χ0v) is 20.8. The number of rotatable bonds is 6. The Morgan fingerprint density at radius 2 is 1.37 bits per heavy atom. The highest BCUT2D eigenvalue weighted by Crippen LogP contribution is 2.24. The second-order valence-electron chi connectivity index (χ2n) is 8.99. The molecule has 1 unspecified atom stereocenters. The summed E-state index contributed by atoms with van der Waals surface area (Å²) in [5.74, 6) is -0.938. The number of hydrogen-bond acceptors (Lipinski definition) is 4. The second kappa shape index (κ2) is 11.1. The Balaban J connectivity index is 1.51. The lowest BCUT2D eigenvalue weighted by Crippen LogP contribution is -2.47. The first-order valence-electron chi connectivity index (χ1n) is 11.1. The maximum absolute atomic E-state index is 12.5. The van der Waals surface area contributed by atoms with Crippen molar-refractivity contribution >= 4 is 35.0 Å². The third-order valence-electron chi connectivity index (χ3n) is 5.23. The van der Waals surface area contributed by atoms with Crippen LogP contribution in [0.25, 0.3) is 0 Å². The minimum Gasteiger partial charge on any atom is -0.479 e. The van der Waals surface area contributed by atoms with Crippen molar-refractivity contribution in [3.8, 4) is 5.75 Å². The van der Waals surface area contributed by atoms with E-state index in [1.165, 1.54) is 0 Å². The first kappa shape index (κ1) is 25.8. The average molecular weight is 494 g/mol. The van der Waals surface area contributed by atoms with E-state index in [-0.39, 0.29) is 11.3 Å². The monoisotopic (exact) mass is 493 g/mol. The van der Waals surface area contributed by atoms with Gasteiger partial charge in [0.15, 0.2) is 6.10 Å². The molecule has 35 heavy (non-hydrogen) atoms. The number of anilines is 1. The van der Waals surface area contributed by atoms with Gasteiger partial charge in [0.1, 0.15) is 5.75 Å². The van der Waals surface area contributed by atoms with Crippen LogP contribution in [0.2, 0.25) is 5.02 Å². The van der Waals surface area contributed by atoms with E-state index in [2.05, 4.69) is 36.9 Å². The Morgan fingerprint density at radius 1 is 0.800 bits per heavy atom. The van der Waals surface area contributed by atoms with Gasteiger partial charge in [-0.25, -0.2) is 0 Å². The van der Waals surface area contributed by atoms with Crippen molar-refractivity contribution in [1.29, 1.82) is 0 Å². The van der Waals surface area contributed by atoms with Crippen LogP contribution in [0.15, 0.2) is 72.8 Å². The zero-order chi connectivity index (χ0) is 25.6. The SMILES string of the molecule is CC(Oc1ccccc1Cl)C(=O)NNC(=O)c1ccc(NC(=O)c2ccc(C(C)(C)C)cc2)cc1. The number of hydrogen-bond donors (Lipinski definition) is 3. The van der Waals surface area contributed by atoms with E-state index in [9.17, 15) is 14.4 Å². The van der Waals surface area contributed by atoms with E-state index in [0.29, 0.717) is 27.6 Å². The van der Waals surface area contributed by atoms with Crippen LogP contribution in [0.3, 0.4) is 0 Å². The summed E-state index contributed by atoms with van der Waals surface area (Å²) in [5, 5.41) is 3.19. The molecule has 3 N–H and O–H groups in total. The van der Waals surface area contributed by atoms with Crippen molar-refractivity contribution in [2.75, 3.05) is 5.32 Å². The highest BCUT2D eigenvalue weighted by atomic mass is 35.5. The number of carbonyl (C=O) groups is 3. The number of hydrazine groups is 1. The van der Waals surface area contributed by atoms with Gasteiger partial charge >= 0.3 is 0 Å². The first-order valence-corrected chi connectivity index (χ1v) is 11.5. The van der Waals surface area contributed by atoms with Gasteiger partial charge in [0.2, 0.25) is 0 Å². The summed E-state index contributed by atoms with van der Waals surface area (Å²) in [6.45, 7) is 7.87. The van der Waals surface area contributed by atoms with Crippen LogP contribution in [0.1, 0.15) is 54.0 Å². The summed E-state index contributed by atoms with van der Waals surface area (Å²) in [5.41, 5.74) is 7.20. The Labute approximate surface area is 209 Å². The standard InChI is InChI=1S/C27H28ClN3O4/c1-17(35-23-8-6-5-7-22(23)28)24(32)30-31-26(34)19-11-15-21(16-12-19)29-25(33)18-9-13-20(14-10-18)27(2,3)4/h5-17H,1-4H3,(H,29,33)(H,30,32)(H,31,34). The highest BCUT2D eigenvalue weighted by Gasteiger charge is 2.17. The largest absolute Gasteiger partial charge is 0.479 e. The lowest BCUT2D eigenvalue weighted by molar-refractivity contribution is -0.128. The average Bonchev–Trinajstić information content (AvgIpc) is 2.83. The normalized spacial score (nSPS) is 11.8. The van der Waals surface area contributed by atoms with E-state index >= 15 is 0 Å². The third kappa shape index (κ3) is 7.07. The predicted octanol–water partition coefficient (Wildman–Crippen LogP) is 5.12. The topological polar surface area (TPSA) is 96.5 Å². The van der Waals surface area contributed by atoms with Crippen LogP contribution in [-0.4, -0.2) is 23.8 Å². The lowest BCUT2D eigenvalue weighted by Gasteiger charge is -2.19. The van der Waals surface area contributed by atoms with Crippen LogP contribution in [0.5, 0.6) is 5.75 Å². The van der Waals surface area contributed by atoms with Gasteiger partial charge in [-0.05, 0) is 66.4 Å². The fraction of sp³-hybridized carbons (Fsp3) is 0.222. The molecular weight excluding hydrogens is 466 g/mol. The highest BCUT2D eigenvalue weighted by molar-refractivity contribution is 6.32. The molecule has 3 rings (SSSR count). The summed E-state index contributed by atoms with van der Waals surface area (Å²) in [4.78, 5) is 37.1. The van der Waals surface area contributed by atoms with E-state index in [4.69, 9.17) is 16.3 Å². The summed E-state index contributed by atoms with van der Waals surface area (Å²) in [6, 6.07) is 20.6. The van der Waals surface area contributed by atoms with Crippen molar-refractivity contribution in [1.82, 2.24) is 10.9 Å². The van der Waals surface area contributed by atoms with Crippen LogP contribution < -0.4 is 20.9 Å². The van der Waals surface area contributed by atoms with Crippen molar-refractivity contribution < 1.29 is 19.1 Å². The van der Waals surface area contributed by atoms with Crippen LogP contribution in [-0.2, 0) is 10.2 Å². The molecule has 0 saturated carbocycles. The molecule has 0 aliphatic rings. The van der Waals surface area contributed by atoms with E-state index in [1.54, 1.807) is 67.6 Å². The zero-order valence-electron chi connectivity index (χ0n) is 20.0. The fourth-order valence-electron chi connectivity index (χ4n) is 3.11. The number of nitrogens with one attached hydrogen (secondary N) is 3. The molecule has 3 aromatic rings. The molecule has 3 aromatic carbocycles. The molecule has 0 fully saturated rings. The fourth-order valence-corrected chi connectivity index (χ4v) is 3.29. The van der Waals surface area contributed by atoms with E-state index in [1.807, 2.05) is 12.1 Å². The van der Waals surface area contributed by atoms with E-state index < -0.39 is 17.9 Å². The van der Waals surface area contributed by atoms with Gasteiger partial charge in [-0.1, -0.05) is 56.6 Å². The number of halogens is 1. The molecule has 3 amide bonds. The second-order valence-corrected chi connectivity index (χ2v) is 9.40. The Kier molecular flexibility index (Phi) is 8.14. The van der Waals surface area contributed by atoms with Crippen molar-refractivity contribution in [3.63, 3.8) is 0 Å². The van der Waals surface area contributed by atoms with Crippen LogP contribution in [0.4, 0.5) is 5.69 Å². The van der Waals surface area contributed by atoms with Crippen LogP contribution in [0, 0.1) is 0 Å². The van der Waals surface area contributed by atoms with Crippen molar-refractivity contribution in [3.05, 3.63) is 94.5 Å². The van der Waals surface area contributed by atoms with Gasteiger partial charge in [-0.15, -0.1) is 0 Å². The molecule has 7 nitrogen and oxygen atoms in total. The summed E-state index contributed by atoms with van der Waals surface area (Å²) in [7, 11) is 0. The molecule has 8 heteroatoms. The molecule has 0 bridgehead atoms. The molecule has 0 saturated heterocycles. The predicted molar refractivity (Wildman–Crippen MR) is 137 cm³/mol. The molecule has 0 radical (unpaired) electrons. The molecule has 0 aliphatic carbocycles. The van der Waals surface area contributed by atoms with Crippen molar-refractivity contribution in [2.24, 2.45) is 0 Å². The van der Waals surface area contributed by atoms with Gasteiger partial charge in [0.05, 0.1) is 5.02 Å². The van der Waals surface area contributed by atoms with Crippen LogP contribution >= 0.6 is 11.6 Å². The molecular formula is C27H28ClN3O4. The maximum Gasteiger partial charge on any atom is 0.279 e. The number of amides is 3. The summed E-state index contributed by atoms with van der Waals surface area (Å²) >= 11 is 6.03. The number of carbonyl (C=O) groups excluding carboxylic acids is 3. The Morgan fingerprint density at radius 3 is 1.97 bits per heavy atom. The minimum absolute atomic E-state index is 0.00551. The number of para-hydroxylation sites is 1. The summed E-state index contributed by atoms with van der Waals surface area (Å²) < 4.78 is 5.52. The van der Waals surface area contributed by atoms with Gasteiger partial charge in [-0.3, -0.25) is 25.2 Å². The number of ether oxygens (including phenoxy) is 1. The molecule has 1 atom stereocenters. The molecule has 0 heterocycles. The Hall–Kier alpha value is -3.84. The quantitative estimate of drug-likeness (QED) is 0.415. The molecule has 0 aromatic heterocycles. The van der Waals surface area contributed by atoms with Gasteiger partial charge in [0, 0.05) is 16.8 Å². The van der Waals surface area contributed by atoms with E-state index in [0.717, 1.165) is 5.56 Å². The van der Waals surface area contributed by atoms with Crippen molar-refractivity contribution in [2.45, 2.75) is 39.2 Å². The lowest BCUT2D eigenvalue weighted by atomic mass is 9.87. The third-order valence-corrected chi connectivity index (χ3v) is 5.54. The van der Waals surface area contributed by atoms with Gasteiger partial charge < -0.3 is 10.1 Å². The molecule has 0 spiro atoms. The first-order chi connectivity index (χ1) is 16.5. The molecule has 0 aliphatic heterocycles. The molecule has 182 valence electrons. The summed E-state index contributed by atoms with van der Waals surface area (Å²) in [6.07, 6.45) is -0.884. The maximum atomic E-state index is 12.5. The minimum atomic E-state index is -0.884. The Bertz CT molecular complexity index is 1200. The van der Waals surface area contributed by atoms with Gasteiger partial charge in [-0.2, -0.15) is 0 Å². The smallest absolute Gasteiger partial charge is 0.279 e.